The van der Waals surface area contributed by atoms with Crippen molar-refractivity contribution in [1.29, 1.82) is 0 Å². The van der Waals surface area contributed by atoms with Gasteiger partial charge in [-0.05, 0) is 61.5 Å². The summed E-state index contributed by atoms with van der Waals surface area (Å²) in [7, 11) is 0. The largest absolute Gasteiger partial charge is 0.507 e. The number of aliphatic hydroxyl groups excluding tert-OH is 1. The number of anilines is 1. The minimum absolute atomic E-state index is 0.0310. The van der Waals surface area contributed by atoms with Crippen LogP contribution in [0.5, 0.6) is 5.75 Å². The normalized spacial score (nSPS) is 17.6. The summed E-state index contributed by atoms with van der Waals surface area (Å²) in [5.74, 6) is -2.96. The number of ketones is 1. The number of halogens is 2. The van der Waals surface area contributed by atoms with E-state index in [1.54, 1.807) is 30.3 Å². The lowest BCUT2D eigenvalue weighted by molar-refractivity contribution is -0.132. The van der Waals surface area contributed by atoms with Gasteiger partial charge in [0.2, 0.25) is 0 Å². The number of nitrogens with zero attached hydrogens (tertiary/aromatic N) is 1. The fraction of sp³-hybridized carbons (Fsp3) is 0.120. The highest BCUT2D eigenvalue weighted by Crippen LogP contribution is 2.43. The standard InChI is InChI=1S/C25H19F2NO4/c1-2-32-18-13-7-15(8-14-18)23(29)21-22(19-5-3-4-6-20(19)27)28(25(31)24(21)30)17-11-9-16(26)10-12-17/h3-14,22,29H,2H2,1H3/b23-21-. The first-order chi connectivity index (χ1) is 15.4. The Kier molecular flexibility index (Phi) is 5.73. The van der Waals surface area contributed by atoms with Crippen LogP contribution in [0, 0.1) is 11.6 Å². The predicted octanol–water partition coefficient (Wildman–Crippen LogP) is 4.99. The van der Waals surface area contributed by atoms with Crippen LogP contribution in [-0.4, -0.2) is 23.4 Å². The van der Waals surface area contributed by atoms with Crippen molar-refractivity contribution in [3.8, 4) is 5.75 Å². The molecule has 0 aromatic heterocycles. The average molecular weight is 435 g/mol. The first-order valence-electron chi connectivity index (χ1n) is 9.96. The van der Waals surface area contributed by atoms with Gasteiger partial charge in [0.05, 0.1) is 18.2 Å². The zero-order chi connectivity index (χ0) is 22.8. The van der Waals surface area contributed by atoms with Crippen molar-refractivity contribution in [2.45, 2.75) is 13.0 Å². The predicted molar refractivity (Wildman–Crippen MR) is 115 cm³/mol. The van der Waals surface area contributed by atoms with Gasteiger partial charge in [-0.1, -0.05) is 18.2 Å². The Morgan fingerprint density at radius 3 is 2.25 bits per heavy atom. The minimum Gasteiger partial charge on any atom is -0.507 e. The van der Waals surface area contributed by atoms with Crippen LogP contribution < -0.4 is 9.64 Å². The molecule has 0 spiro atoms. The Morgan fingerprint density at radius 2 is 1.62 bits per heavy atom. The van der Waals surface area contributed by atoms with E-state index in [1.807, 2.05) is 6.92 Å². The van der Waals surface area contributed by atoms with Crippen LogP contribution in [0.4, 0.5) is 14.5 Å². The van der Waals surface area contributed by atoms with Gasteiger partial charge in [0.1, 0.15) is 23.1 Å². The molecule has 162 valence electrons. The van der Waals surface area contributed by atoms with Gasteiger partial charge in [0, 0.05) is 16.8 Å². The number of hydrogen-bond acceptors (Lipinski definition) is 4. The second-order valence-electron chi connectivity index (χ2n) is 7.12. The summed E-state index contributed by atoms with van der Waals surface area (Å²) >= 11 is 0. The Morgan fingerprint density at radius 1 is 0.969 bits per heavy atom. The molecule has 1 heterocycles. The molecule has 0 aliphatic carbocycles. The van der Waals surface area contributed by atoms with Crippen LogP contribution in [0.25, 0.3) is 5.76 Å². The average Bonchev–Trinajstić information content (AvgIpc) is 3.05. The molecular formula is C25H19F2NO4. The van der Waals surface area contributed by atoms with E-state index < -0.39 is 35.1 Å². The minimum atomic E-state index is -1.23. The lowest BCUT2D eigenvalue weighted by Crippen LogP contribution is -2.29. The molecule has 0 bridgehead atoms. The van der Waals surface area contributed by atoms with Crippen molar-refractivity contribution in [1.82, 2.24) is 0 Å². The maximum Gasteiger partial charge on any atom is 0.300 e. The third-order valence-electron chi connectivity index (χ3n) is 5.19. The zero-order valence-electron chi connectivity index (χ0n) is 17.1. The maximum absolute atomic E-state index is 14.8. The number of rotatable bonds is 5. The highest BCUT2D eigenvalue weighted by atomic mass is 19.1. The van der Waals surface area contributed by atoms with Gasteiger partial charge in [-0.2, -0.15) is 0 Å². The molecule has 4 rings (SSSR count). The molecule has 1 saturated heterocycles. The van der Waals surface area contributed by atoms with E-state index in [4.69, 9.17) is 4.74 Å². The highest BCUT2D eigenvalue weighted by molar-refractivity contribution is 6.51. The number of Topliss-reactive ketones (excluding diaryl/α,β-unsaturated/α-hetero) is 1. The summed E-state index contributed by atoms with van der Waals surface area (Å²) < 4.78 is 33.6. The second-order valence-corrected chi connectivity index (χ2v) is 7.12. The Bertz CT molecular complexity index is 1200. The van der Waals surface area contributed by atoms with Crippen molar-refractivity contribution in [3.63, 3.8) is 0 Å². The monoisotopic (exact) mass is 435 g/mol. The number of amides is 1. The molecule has 1 aliphatic heterocycles. The van der Waals surface area contributed by atoms with Crippen LogP contribution in [0.15, 0.2) is 78.4 Å². The Labute approximate surface area is 183 Å². The molecule has 3 aromatic rings. The van der Waals surface area contributed by atoms with Crippen molar-refractivity contribution in [2.24, 2.45) is 0 Å². The number of ether oxygens (including phenoxy) is 1. The molecule has 5 nitrogen and oxygen atoms in total. The molecule has 7 heteroatoms. The summed E-state index contributed by atoms with van der Waals surface area (Å²) in [5, 5.41) is 11.0. The molecule has 1 N–H and O–H groups in total. The lowest BCUT2D eigenvalue weighted by atomic mass is 9.94. The quantitative estimate of drug-likeness (QED) is 0.348. The summed E-state index contributed by atoms with van der Waals surface area (Å²) in [4.78, 5) is 27.0. The van der Waals surface area contributed by atoms with Crippen LogP contribution >= 0.6 is 0 Å². The number of benzene rings is 3. The summed E-state index contributed by atoms with van der Waals surface area (Å²) in [6.07, 6.45) is 0. The van der Waals surface area contributed by atoms with Gasteiger partial charge < -0.3 is 9.84 Å². The van der Waals surface area contributed by atoms with Gasteiger partial charge in [-0.25, -0.2) is 8.78 Å². The van der Waals surface area contributed by atoms with Crippen LogP contribution in [-0.2, 0) is 9.59 Å². The lowest BCUT2D eigenvalue weighted by Gasteiger charge is -2.25. The third-order valence-corrected chi connectivity index (χ3v) is 5.19. The topological polar surface area (TPSA) is 66.8 Å². The smallest absolute Gasteiger partial charge is 0.300 e. The zero-order valence-corrected chi connectivity index (χ0v) is 17.1. The summed E-state index contributed by atoms with van der Waals surface area (Å²) in [6, 6.07) is 15.7. The molecule has 1 aliphatic rings. The van der Waals surface area contributed by atoms with Gasteiger partial charge in [0.25, 0.3) is 11.7 Å². The van der Waals surface area contributed by atoms with Crippen LogP contribution in [0.2, 0.25) is 0 Å². The van der Waals surface area contributed by atoms with Crippen LogP contribution in [0.1, 0.15) is 24.1 Å². The molecule has 1 fully saturated rings. The highest BCUT2D eigenvalue weighted by Gasteiger charge is 2.47. The van der Waals surface area contributed by atoms with E-state index in [0.717, 1.165) is 17.0 Å². The van der Waals surface area contributed by atoms with Crippen molar-refractivity contribution in [2.75, 3.05) is 11.5 Å². The third kappa shape index (κ3) is 3.73. The second kappa shape index (κ2) is 8.63. The molecule has 1 atom stereocenters. The summed E-state index contributed by atoms with van der Waals surface area (Å²) in [6.45, 7) is 2.29. The van der Waals surface area contributed by atoms with E-state index >= 15 is 0 Å². The molecular weight excluding hydrogens is 416 g/mol. The molecule has 3 aromatic carbocycles. The van der Waals surface area contributed by atoms with Gasteiger partial charge in [-0.15, -0.1) is 0 Å². The van der Waals surface area contributed by atoms with E-state index in [-0.39, 0.29) is 22.4 Å². The summed E-state index contributed by atoms with van der Waals surface area (Å²) in [5.41, 5.74) is 0.247. The number of hydrogen-bond donors (Lipinski definition) is 1. The first kappa shape index (κ1) is 21.2. The maximum atomic E-state index is 14.8. The van der Waals surface area contributed by atoms with Crippen molar-refractivity contribution >= 4 is 23.1 Å². The Balaban J connectivity index is 1.90. The fourth-order valence-electron chi connectivity index (χ4n) is 3.72. The molecule has 0 radical (unpaired) electrons. The van der Waals surface area contributed by atoms with Crippen LogP contribution in [0.3, 0.4) is 0 Å². The van der Waals surface area contributed by atoms with Gasteiger partial charge in [0.15, 0.2) is 0 Å². The van der Waals surface area contributed by atoms with Gasteiger partial charge >= 0.3 is 0 Å². The number of aliphatic hydroxyl groups is 1. The van der Waals surface area contributed by atoms with E-state index in [1.165, 1.54) is 30.3 Å². The molecule has 1 amide bonds. The molecule has 0 saturated carbocycles. The first-order valence-corrected chi connectivity index (χ1v) is 9.96. The van der Waals surface area contributed by atoms with E-state index in [9.17, 15) is 23.5 Å². The molecule has 32 heavy (non-hydrogen) atoms. The van der Waals surface area contributed by atoms with E-state index in [0.29, 0.717) is 12.4 Å². The van der Waals surface area contributed by atoms with E-state index in [2.05, 4.69) is 0 Å². The number of carbonyl (C=O) groups is 2. The van der Waals surface area contributed by atoms with Crippen molar-refractivity contribution < 1.29 is 28.2 Å². The fourth-order valence-corrected chi connectivity index (χ4v) is 3.72. The number of carbonyl (C=O) groups excluding carboxylic acids is 2. The van der Waals surface area contributed by atoms with Gasteiger partial charge in [-0.3, -0.25) is 14.5 Å². The SMILES string of the molecule is CCOc1ccc(/C(O)=C2/C(=O)C(=O)N(c3ccc(F)cc3)C2c2ccccc2F)cc1. The van der Waals surface area contributed by atoms with Crippen molar-refractivity contribution in [3.05, 3.63) is 101 Å². The Hall–Kier alpha value is -4.00. The molecule has 1 unspecified atom stereocenters.